The molecule has 0 aliphatic rings. The predicted octanol–water partition coefficient (Wildman–Crippen LogP) is 3.22. The summed E-state index contributed by atoms with van der Waals surface area (Å²) < 4.78 is 0.841. The fraction of sp³-hybridized carbons (Fsp3) is 0.200. The third-order valence-corrected chi connectivity index (χ3v) is 3.37. The molecule has 1 N–H and O–H groups in total. The number of hydrogen-bond acceptors (Lipinski definition) is 4. The maximum Gasteiger partial charge on any atom is 0.127 e. The van der Waals surface area contributed by atoms with Gasteiger partial charge in [0.1, 0.15) is 10.4 Å². The second kappa shape index (κ2) is 4.72. The Balaban J connectivity index is 2.02. The molecule has 0 saturated carbocycles. The molecule has 2 rings (SSSR count). The van der Waals surface area contributed by atoms with Crippen molar-refractivity contribution in [3.8, 4) is 0 Å². The van der Waals surface area contributed by atoms with E-state index in [1.807, 2.05) is 30.6 Å². The zero-order valence-electron chi connectivity index (χ0n) is 8.20. The van der Waals surface area contributed by atoms with Gasteiger partial charge in [0.15, 0.2) is 0 Å². The minimum absolute atomic E-state index is 0.778. The maximum absolute atomic E-state index is 4.29. The summed E-state index contributed by atoms with van der Waals surface area (Å²) >= 11 is 4.99. The third-order valence-electron chi connectivity index (χ3n) is 1.99. The molecule has 0 unspecified atom stereocenters. The molecule has 2 aromatic rings. The molecular weight excluding hydrogens is 274 g/mol. The summed E-state index contributed by atoms with van der Waals surface area (Å²) in [5.41, 5.74) is 2.95. The van der Waals surface area contributed by atoms with E-state index in [2.05, 4.69) is 31.2 Å². The standard InChI is InChI=1S/C10H10BrN3S/c1-7-8(15-6-13-7)5-12-10-4-2-3-9(11)14-10/h2-4,6H,5H2,1H3,(H,12,14). The highest BCUT2D eigenvalue weighted by molar-refractivity contribution is 9.10. The van der Waals surface area contributed by atoms with Crippen LogP contribution in [0.2, 0.25) is 0 Å². The first-order chi connectivity index (χ1) is 7.25. The van der Waals surface area contributed by atoms with E-state index < -0.39 is 0 Å². The monoisotopic (exact) mass is 283 g/mol. The first-order valence-electron chi connectivity index (χ1n) is 4.51. The number of thiazole rings is 1. The number of nitrogens with zero attached hydrogens (tertiary/aromatic N) is 2. The quantitative estimate of drug-likeness (QED) is 0.879. The molecular formula is C10H10BrN3S. The molecule has 0 bridgehead atoms. The largest absolute Gasteiger partial charge is 0.365 e. The number of halogens is 1. The molecule has 0 aliphatic carbocycles. The Hall–Kier alpha value is -0.940. The summed E-state index contributed by atoms with van der Waals surface area (Å²) in [6.45, 7) is 2.79. The topological polar surface area (TPSA) is 37.8 Å². The van der Waals surface area contributed by atoms with Gasteiger partial charge >= 0.3 is 0 Å². The summed E-state index contributed by atoms with van der Waals surface area (Å²) in [5.74, 6) is 0.872. The normalized spacial score (nSPS) is 10.3. The molecule has 0 fully saturated rings. The average Bonchev–Trinajstić information content (AvgIpc) is 2.61. The third kappa shape index (κ3) is 2.76. The summed E-state index contributed by atoms with van der Waals surface area (Å²) in [7, 11) is 0. The van der Waals surface area contributed by atoms with Crippen LogP contribution in [0.4, 0.5) is 5.82 Å². The van der Waals surface area contributed by atoms with Crippen LogP contribution in [0, 0.1) is 6.92 Å². The molecule has 0 atom stereocenters. The Kier molecular flexibility index (Phi) is 3.33. The van der Waals surface area contributed by atoms with Crippen molar-refractivity contribution in [3.05, 3.63) is 38.9 Å². The van der Waals surface area contributed by atoms with E-state index in [1.165, 1.54) is 4.88 Å². The molecule has 0 saturated heterocycles. The van der Waals surface area contributed by atoms with Gasteiger partial charge in [-0.05, 0) is 35.0 Å². The van der Waals surface area contributed by atoms with Crippen molar-refractivity contribution >= 4 is 33.1 Å². The predicted molar refractivity (Wildman–Crippen MR) is 66.1 cm³/mol. The van der Waals surface area contributed by atoms with Crippen LogP contribution in [-0.4, -0.2) is 9.97 Å². The average molecular weight is 284 g/mol. The molecule has 2 heterocycles. The summed E-state index contributed by atoms with van der Waals surface area (Å²) in [6, 6.07) is 5.81. The van der Waals surface area contributed by atoms with Gasteiger partial charge in [-0.25, -0.2) is 9.97 Å². The van der Waals surface area contributed by atoms with Crippen molar-refractivity contribution in [2.24, 2.45) is 0 Å². The van der Waals surface area contributed by atoms with Crippen LogP contribution in [0.15, 0.2) is 28.3 Å². The van der Waals surface area contributed by atoms with E-state index in [0.717, 1.165) is 22.7 Å². The Morgan fingerprint density at radius 1 is 1.47 bits per heavy atom. The Bertz CT molecular complexity index is 455. The van der Waals surface area contributed by atoms with Crippen molar-refractivity contribution in [1.29, 1.82) is 0 Å². The van der Waals surface area contributed by atoms with Crippen LogP contribution in [-0.2, 0) is 6.54 Å². The van der Waals surface area contributed by atoms with Crippen LogP contribution in [0.25, 0.3) is 0 Å². The highest BCUT2D eigenvalue weighted by Crippen LogP contribution is 2.15. The van der Waals surface area contributed by atoms with Gasteiger partial charge in [0.25, 0.3) is 0 Å². The second-order valence-electron chi connectivity index (χ2n) is 3.06. The minimum Gasteiger partial charge on any atom is -0.365 e. The maximum atomic E-state index is 4.29. The number of rotatable bonds is 3. The van der Waals surface area contributed by atoms with Crippen LogP contribution < -0.4 is 5.32 Å². The van der Waals surface area contributed by atoms with Gasteiger partial charge in [-0.2, -0.15) is 0 Å². The minimum atomic E-state index is 0.778. The van der Waals surface area contributed by atoms with Crippen molar-refractivity contribution in [2.45, 2.75) is 13.5 Å². The summed E-state index contributed by atoms with van der Waals surface area (Å²) in [5, 5.41) is 3.26. The Morgan fingerprint density at radius 2 is 2.33 bits per heavy atom. The summed E-state index contributed by atoms with van der Waals surface area (Å²) in [6.07, 6.45) is 0. The molecule has 5 heteroatoms. The lowest BCUT2D eigenvalue weighted by Gasteiger charge is -2.04. The van der Waals surface area contributed by atoms with Crippen LogP contribution >= 0.6 is 27.3 Å². The molecule has 2 aromatic heterocycles. The SMILES string of the molecule is Cc1ncsc1CNc1cccc(Br)n1. The molecule has 15 heavy (non-hydrogen) atoms. The molecule has 0 aliphatic heterocycles. The number of pyridine rings is 1. The molecule has 0 spiro atoms. The van der Waals surface area contributed by atoms with Crippen LogP contribution in [0.5, 0.6) is 0 Å². The van der Waals surface area contributed by atoms with Crippen molar-refractivity contribution in [2.75, 3.05) is 5.32 Å². The van der Waals surface area contributed by atoms with Crippen molar-refractivity contribution < 1.29 is 0 Å². The van der Waals surface area contributed by atoms with E-state index in [-0.39, 0.29) is 0 Å². The number of hydrogen-bond donors (Lipinski definition) is 1. The number of nitrogens with one attached hydrogen (secondary N) is 1. The highest BCUT2D eigenvalue weighted by Gasteiger charge is 2.01. The lowest BCUT2D eigenvalue weighted by molar-refractivity contribution is 1.09. The van der Waals surface area contributed by atoms with Gasteiger partial charge < -0.3 is 5.32 Å². The van der Waals surface area contributed by atoms with E-state index in [0.29, 0.717) is 0 Å². The second-order valence-corrected chi connectivity index (χ2v) is 4.81. The summed E-state index contributed by atoms with van der Waals surface area (Å²) in [4.78, 5) is 9.73. The van der Waals surface area contributed by atoms with Crippen molar-refractivity contribution in [3.63, 3.8) is 0 Å². The smallest absolute Gasteiger partial charge is 0.127 e. The zero-order valence-corrected chi connectivity index (χ0v) is 10.6. The zero-order chi connectivity index (χ0) is 10.7. The lowest BCUT2D eigenvalue weighted by atomic mass is 10.4. The number of aryl methyl sites for hydroxylation is 1. The lowest BCUT2D eigenvalue weighted by Crippen LogP contribution is -2.00. The molecule has 3 nitrogen and oxygen atoms in total. The molecule has 0 radical (unpaired) electrons. The Morgan fingerprint density at radius 3 is 3.00 bits per heavy atom. The highest BCUT2D eigenvalue weighted by atomic mass is 79.9. The van der Waals surface area contributed by atoms with Gasteiger partial charge in [-0.1, -0.05) is 6.07 Å². The van der Waals surface area contributed by atoms with E-state index >= 15 is 0 Å². The fourth-order valence-corrected chi connectivity index (χ4v) is 2.23. The molecule has 0 amide bonds. The van der Waals surface area contributed by atoms with E-state index in [1.54, 1.807) is 11.3 Å². The van der Waals surface area contributed by atoms with E-state index in [9.17, 15) is 0 Å². The molecule has 78 valence electrons. The number of aromatic nitrogens is 2. The first kappa shape index (κ1) is 10.6. The van der Waals surface area contributed by atoms with Gasteiger partial charge in [0.2, 0.25) is 0 Å². The Labute approximate surface area is 101 Å². The fourth-order valence-electron chi connectivity index (χ4n) is 1.17. The number of anilines is 1. The van der Waals surface area contributed by atoms with Gasteiger partial charge in [0.05, 0.1) is 17.7 Å². The van der Waals surface area contributed by atoms with Gasteiger partial charge in [-0.3, -0.25) is 0 Å². The first-order valence-corrected chi connectivity index (χ1v) is 6.18. The molecule has 0 aromatic carbocycles. The van der Waals surface area contributed by atoms with E-state index in [4.69, 9.17) is 0 Å². The van der Waals surface area contributed by atoms with Gasteiger partial charge in [-0.15, -0.1) is 11.3 Å². The van der Waals surface area contributed by atoms with Crippen LogP contribution in [0.3, 0.4) is 0 Å². The van der Waals surface area contributed by atoms with Crippen LogP contribution in [0.1, 0.15) is 10.6 Å². The van der Waals surface area contributed by atoms with Crippen molar-refractivity contribution in [1.82, 2.24) is 9.97 Å². The van der Waals surface area contributed by atoms with Gasteiger partial charge in [0, 0.05) is 4.88 Å².